The van der Waals surface area contributed by atoms with Crippen LogP contribution in [0.4, 0.5) is 5.95 Å². The number of aromatic nitrogens is 2. The standard InChI is InChI=1S/C23H29N7O/c1-27(2)13-6-14-28-15-24-22-26-21(17-9-11-18(31-3)12-10-17)30-20-8-5-4-7-19(20)25-23(30)29(22)16-28/h4-5,7-12,21H,6,13-16H2,1-3H3,(H,24,26). The molecule has 0 bridgehead atoms. The molecular weight excluding hydrogens is 390 g/mol. The van der Waals surface area contributed by atoms with Crippen molar-refractivity contribution in [3.8, 4) is 5.75 Å². The van der Waals surface area contributed by atoms with E-state index in [4.69, 9.17) is 14.7 Å². The second-order valence-electron chi connectivity index (χ2n) is 8.33. The molecule has 5 rings (SSSR count). The molecule has 3 aromatic rings. The summed E-state index contributed by atoms with van der Waals surface area (Å²) in [7, 11) is 5.92. The molecule has 3 heterocycles. The van der Waals surface area contributed by atoms with Crippen LogP contribution in [0.1, 0.15) is 18.2 Å². The number of fused-ring (bicyclic) bond motifs is 5. The first-order chi connectivity index (χ1) is 15.1. The first-order valence-corrected chi connectivity index (χ1v) is 10.7. The number of ether oxygens (including phenoxy) is 1. The highest BCUT2D eigenvalue weighted by atomic mass is 16.5. The van der Waals surface area contributed by atoms with Gasteiger partial charge in [0.2, 0.25) is 11.9 Å². The van der Waals surface area contributed by atoms with Gasteiger partial charge in [-0.25, -0.2) is 9.98 Å². The minimum absolute atomic E-state index is 0.0800. The summed E-state index contributed by atoms with van der Waals surface area (Å²) in [5, 5.41) is 3.66. The van der Waals surface area contributed by atoms with Crippen molar-refractivity contribution in [3.63, 3.8) is 0 Å². The van der Waals surface area contributed by atoms with Crippen molar-refractivity contribution in [1.29, 1.82) is 0 Å². The number of hydrogen-bond donors (Lipinski definition) is 1. The zero-order valence-electron chi connectivity index (χ0n) is 18.3. The molecule has 1 unspecified atom stereocenters. The fraction of sp³-hybridized carbons (Fsp3) is 0.391. The average Bonchev–Trinajstić information content (AvgIpc) is 3.18. The van der Waals surface area contributed by atoms with Gasteiger partial charge in [0.05, 0.1) is 31.5 Å². The Hall–Kier alpha value is -3.10. The Morgan fingerprint density at radius 2 is 1.94 bits per heavy atom. The topological polar surface area (TPSA) is 61.2 Å². The minimum atomic E-state index is -0.0800. The molecule has 0 radical (unpaired) electrons. The van der Waals surface area contributed by atoms with Gasteiger partial charge in [-0.05, 0) is 56.9 Å². The summed E-state index contributed by atoms with van der Waals surface area (Å²) in [6, 6.07) is 16.5. The highest BCUT2D eigenvalue weighted by molar-refractivity contribution is 5.98. The number of nitrogens with zero attached hydrogens (tertiary/aromatic N) is 6. The van der Waals surface area contributed by atoms with E-state index in [1.807, 2.05) is 18.2 Å². The van der Waals surface area contributed by atoms with E-state index in [1.165, 1.54) is 0 Å². The second-order valence-corrected chi connectivity index (χ2v) is 8.33. The number of benzene rings is 2. The van der Waals surface area contributed by atoms with Gasteiger partial charge in [-0.15, -0.1) is 0 Å². The first-order valence-electron chi connectivity index (χ1n) is 10.7. The van der Waals surface area contributed by atoms with E-state index in [0.29, 0.717) is 6.67 Å². The van der Waals surface area contributed by atoms with Gasteiger partial charge in [0.1, 0.15) is 11.9 Å². The third-order valence-electron chi connectivity index (χ3n) is 5.87. The summed E-state index contributed by atoms with van der Waals surface area (Å²) in [5.41, 5.74) is 3.24. The van der Waals surface area contributed by atoms with E-state index >= 15 is 0 Å². The van der Waals surface area contributed by atoms with Crippen LogP contribution in [0.25, 0.3) is 11.0 Å². The summed E-state index contributed by atoms with van der Waals surface area (Å²) in [6.07, 6.45) is 1.04. The summed E-state index contributed by atoms with van der Waals surface area (Å²) < 4.78 is 7.62. The predicted octanol–water partition coefficient (Wildman–Crippen LogP) is 2.54. The predicted molar refractivity (Wildman–Crippen MR) is 124 cm³/mol. The highest BCUT2D eigenvalue weighted by Crippen LogP contribution is 2.34. The Kier molecular flexibility index (Phi) is 5.25. The monoisotopic (exact) mass is 419 g/mol. The van der Waals surface area contributed by atoms with Crippen LogP contribution in [0, 0.1) is 0 Å². The molecule has 1 aromatic heterocycles. The number of para-hydroxylation sites is 2. The maximum Gasteiger partial charge on any atom is 0.216 e. The first kappa shape index (κ1) is 19.8. The number of rotatable bonds is 6. The molecule has 2 aliphatic heterocycles. The number of nitrogens with one attached hydrogen (secondary N) is 1. The SMILES string of the molecule is COc1ccc(C2NC3=NCN(CCCN(C)C)CN3c3nc4ccccc4n32)cc1. The van der Waals surface area contributed by atoms with Gasteiger partial charge in [0.25, 0.3) is 0 Å². The quantitative estimate of drug-likeness (QED) is 0.663. The largest absolute Gasteiger partial charge is 0.497 e. The van der Waals surface area contributed by atoms with Crippen molar-refractivity contribution >= 4 is 22.9 Å². The van der Waals surface area contributed by atoms with E-state index < -0.39 is 0 Å². The molecule has 8 nitrogen and oxygen atoms in total. The van der Waals surface area contributed by atoms with Crippen molar-refractivity contribution < 1.29 is 4.74 Å². The molecule has 0 aliphatic carbocycles. The van der Waals surface area contributed by atoms with Crippen molar-refractivity contribution in [2.75, 3.05) is 52.5 Å². The molecule has 162 valence electrons. The van der Waals surface area contributed by atoms with Crippen LogP contribution in [0.5, 0.6) is 5.75 Å². The highest BCUT2D eigenvalue weighted by Gasteiger charge is 2.35. The van der Waals surface area contributed by atoms with Gasteiger partial charge in [-0.3, -0.25) is 14.4 Å². The fourth-order valence-electron chi connectivity index (χ4n) is 4.28. The van der Waals surface area contributed by atoms with Crippen LogP contribution in [0.2, 0.25) is 0 Å². The van der Waals surface area contributed by atoms with Gasteiger partial charge in [0, 0.05) is 6.54 Å². The number of methoxy groups -OCH3 is 1. The fourth-order valence-corrected chi connectivity index (χ4v) is 4.28. The molecule has 1 atom stereocenters. The number of hydrogen-bond acceptors (Lipinski definition) is 7. The molecule has 0 saturated carbocycles. The van der Waals surface area contributed by atoms with E-state index in [-0.39, 0.29) is 6.17 Å². The summed E-state index contributed by atoms with van der Waals surface area (Å²) >= 11 is 0. The Balaban J connectivity index is 1.51. The number of aliphatic imine (C=N–C) groups is 1. The van der Waals surface area contributed by atoms with Crippen molar-refractivity contribution in [3.05, 3.63) is 54.1 Å². The molecule has 8 heteroatoms. The van der Waals surface area contributed by atoms with Gasteiger partial charge < -0.3 is 15.0 Å². The Morgan fingerprint density at radius 3 is 2.71 bits per heavy atom. The van der Waals surface area contributed by atoms with Crippen LogP contribution >= 0.6 is 0 Å². The Labute approximate surface area is 182 Å². The van der Waals surface area contributed by atoms with E-state index in [1.54, 1.807) is 7.11 Å². The summed E-state index contributed by atoms with van der Waals surface area (Å²) in [5.74, 6) is 2.66. The minimum Gasteiger partial charge on any atom is -0.497 e. The molecular formula is C23H29N7O. The third-order valence-corrected chi connectivity index (χ3v) is 5.87. The Bertz CT molecular complexity index is 1090. The van der Waals surface area contributed by atoms with Gasteiger partial charge in [0.15, 0.2) is 0 Å². The lowest BCUT2D eigenvalue weighted by molar-refractivity contribution is 0.254. The van der Waals surface area contributed by atoms with Gasteiger partial charge >= 0.3 is 0 Å². The summed E-state index contributed by atoms with van der Waals surface area (Å²) in [6.45, 7) is 3.55. The second kappa shape index (κ2) is 8.20. The lowest BCUT2D eigenvalue weighted by Gasteiger charge is -2.41. The maximum atomic E-state index is 5.35. The van der Waals surface area contributed by atoms with Crippen LogP contribution in [0.3, 0.4) is 0 Å². The van der Waals surface area contributed by atoms with Gasteiger partial charge in [-0.2, -0.15) is 0 Å². The van der Waals surface area contributed by atoms with Crippen molar-refractivity contribution in [1.82, 2.24) is 24.7 Å². The van der Waals surface area contributed by atoms with Crippen LogP contribution in [0.15, 0.2) is 53.5 Å². The summed E-state index contributed by atoms with van der Waals surface area (Å²) in [4.78, 5) is 16.7. The van der Waals surface area contributed by atoms with Crippen LogP contribution in [-0.4, -0.2) is 72.9 Å². The zero-order valence-corrected chi connectivity index (χ0v) is 18.3. The lowest BCUT2D eigenvalue weighted by Crippen LogP contribution is -2.57. The van der Waals surface area contributed by atoms with E-state index in [2.05, 4.69) is 69.0 Å². The number of imidazole rings is 1. The molecule has 0 saturated heterocycles. The zero-order chi connectivity index (χ0) is 21.4. The van der Waals surface area contributed by atoms with E-state index in [0.717, 1.165) is 60.4 Å². The van der Waals surface area contributed by atoms with Crippen molar-refractivity contribution in [2.24, 2.45) is 4.99 Å². The Morgan fingerprint density at radius 1 is 1.13 bits per heavy atom. The lowest BCUT2D eigenvalue weighted by atomic mass is 10.1. The average molecular weight is 420 g/mol. The van der Waals surface area contributed by atoms with Crippen LogP contribution in [-0.2, 0) is 0 Å². The molecule has 2 aliphatic rings. The van der Waals surface area contributed by atoms with E-state index in [9.17, 15) is 0 Å². The molecule has 0 spiro atoms. The van der Waals surface area contributed by atoms with Gasteiger partial charge in [-0.1, -0.05) is 24.3 Å². The molecule has 31 heavy (non-hydrogen) atoms. The maximum absolute atomic E-state index is 5.35. The smallest absolute Gasteiger partial charge is 0.216 e. The molecule has 0 fully saturated rings. The molecule has 0 amide bonds. The number of anilines is 1. The molecule has 1 N–H and O–H groups in total. The van der Waals surface area contributed by atoms with Crippen molar-refractivity contribution in [2.45, 2.75) is 12.6 Å². The number of guanidine groups is 1. The third kappa shape index (κ3) is 3.73. The van der Waals surface area contributed by atoms with Crippen LogP contribution < -0.4 is 15.0 Å². The molecule has 2 aromatic carbocycles. The normalized spacial score (nSPS) is 18.5.